The first-order chi connectivity index (χ1) is 12.7. The van der Waals surface area contributed by atoms with E-state index < -0.39 is 15.8 Å². The number of likely N-dealkylation sites (tertiary alicyclic amines) is 1. The Balaban J connectivity index is 1.77. The van der Waals surface area contributed by atoms with Crippen molar-refractivity contribution in [3.05, 3.63) is 30.1 Å². The summed E-state index contributed by atoms with van der Waals surface area (Å²) in [6, 6.07) is 7.26. The fraction of sp³-hybridized carbons (Fsp3) is 0.500. The van der Waals surface area contributed by atoms with Crippen molar-refractivity contribution in [1.29, 1.82) is 0 Å². The van der Waals surface area contributed by atoms with E-state index in [4.69, 9.17) is 5.11 Å². The zero-order chi connectivity index (χ0) is 19.6. The number of carbonyl (C=O) groups is 2. The van der Waals surface area contributed by atoms with Crippen LogP contribution in [0.1, 0.15) is 25.1 Å². The molecule has 1 amide bonds. The molecule has 1 aliphatic heterocycles. The SMILES string of the molecule is CS(=O)(=O)Cc1nc2ccccc2n1CC(=O)N1CCC(CC(=O)O)CC1. The molecule has 2 aromatic rings. The molecule has 0 bridgehead atoms. The summed E-state index contributed by atoms with van der Waals surface area (Å²) in [5, 5.41) is 8.90. The summed E-state index contributed by atoms with van der Waals surface area (Å²) in [7, 11) is -3.29. The Morgan fingerprint density at radius 1 is 1.22 bits per heavy atom. The molecule has 0 saturated carbocycles. The van der Waals surface area contributed by atoms with E-state index in [1.54, 1.807) is 15.5 Å². The number of carbonyl (C=O) groups excluding carboxylic acids is 1. The van der Waals surface area contributed by atoms with Crippen LogP contribution in [0.5, 0.6) is 0 Å². The normalized spacial score (nSPS) is 16.0. The Bertz CT molecular complexity index is 959. The van der Waals surface area contributed by atoms with Crippen LogP contribution in [0.2, 0.25) is 0 Å². The Kier molecular flexibility index (Phi) is 5.50. The van der Waals surface area contributed by atoms with Gasteiger partial charge in [0.2, 0.25) is 5.91 Å². The summed E-state index contributed by atoms with van der Waals surface area (Å²) in [4.78, 5) is 29.7. The van der Waals surface area contributed by atoms with Crippen molar-refractivity contribution in [1.82, 2.24) is 14.5 Å². The van der Waals surface area contributed by atoms with Gasteiger partial charge in [-0.3, -0.25) is 9.59 Å². The third kappa shape index (κ3) is 4.85. The van der Waals surface area contributed by atoms with Crippen molar-refractivity contribution >= 4 is 32.7 Å². The van der Waals surface area contributed by atoms with Gasteiger partial charge in [0.15, 0.2) is 9.84 Å². The minimum atomic E-state index is -3.29. The average molecular weight is 393 g/mol. The highest BCUT2D eigenvalue weighted by Gasteiger charge is 2.25. The Labute approximate surface area is 157 Å². The van der Waals surface area contributed by atoms with Crippen molar-refractivity contribution in [3.8, 4) is 0 Å². The number of hydrogen-bond acceptors (Lipinski definition) is 5. The minimum absolute atomic E-state index is 0.0228. The molecular formula is C18H23N3O5S. The maximum Gasteiger partial charge on any atom is 0.303 e. The lowest BCUT2D eigenvalue weighted by Crippen LogP contribution is -2.40. The summed E-state index contributed by atoms with van der Waals surface area (Å²) in [6.45, 7) is 1.06. The van der Waals surface area contributed by atoms with Gasteiger partial charge in [0.05, 0.1) is 11.0 Å². The number of rotatable bonds is 6. The third-order valence-electron chi connectivity index (χ3n) is 4.85. The summed E-state index contributed by atoms with van der Waals surface area (Å²) >= 11 is 0. The highest BCUT2D eigenvalue weighted by Crippen LogP contribution is 2.22. The molecule has 146 valence electrons. The van der Waals surface area contributed by atoms with E-state index in [9.17, 15) is 18.0 Å². The summed E-state index contributed by atoms with van der Waals surface area (Å²) < 4.78 is 25.2. The standard InChI is InChI=1S/C18H23N3O5S/c1-27(25,26)12-16-19-14-4-2-3-5-15(14)21(16)11-17(22)20-8-6-13(7-9-20)10-18(23)24/h2-5,13H,6-12H2,1H3,(H,23,24). The van der Waals surface area contributed by atoms with E-state index in [1.807, 2.05) is 18.2 Å². The Morgan fingerprint density at radius 3 is 2.52 bits per heavy atom. The molecule has 0 unspecified atom stereocenters. The van der Waals surface area contributed by atoms with Crippen molar-refractivity contribution < 1.29 is 23.1 Å². The molecule has 0 aliphatic carbocycles. The maximum atomic E-state index is 12.8. The smallest absolute Gasteiger partial charge is 0.303 e. The predicted octanol–water partition coefficient (Wildman–Crippen LogP) is 1.29. The molecule has 2 heterocycles. The van der Waals surface area contributed by atoms with Crippen LogP contribution in [0.4, 0.5) is 0 Å². The Hall–Kier alpha value is -2.42. The maximum absolute atomic E-state index is 12.8. The molecule has 0 spiro atoms. The molecule has 0 atom stereocenters. The van der Waals surface area contributed by atoms with Gasteiger partial charge in [-0.05, 0) is 30.9 Å². The number of piperidine rings is 1. The quantitative estimate of drug-likeness (QED) is 0.792. The highest BCUT2D eigenvalue weighted by molar-refractivity contribution is 7.89. The highest BCUT2D eigenvalue weighted by atomic mass is 32.2. The summed E-state index contributed by atoms with van der Waals surface area (Å²) in [6.07, 6.45) is 2.61. The van der Waals surface area contributed by atoms with Crippen LogP contribution < -0.4 is 0 Å². The lowest BCUT2D eigenvalue weighted by Gasteiger charge is -2.31. The van der Waals surface area contributed by atoms with Gasteiger partial charge < -0.3 is 14.6 Å². The van der Waals surface area contributed by atoms with Gasteiger partial charge in [0.1, 0.15) is 18.1 Å². The van der Waals surface area contributed by atoms with Gasteiger partial charge >= 0.3 is 5.97 Å². The van der Waals surface area contributed by atoms with Crippen LogP contribution in [-0.4, -0.2) is 59.2 Å². The lowest BCUT2D eigenvalue weighted by atomic mass is 9.93. The van der Waals surface area contributed by atoms with E-state index in [1.165, 1.54) is 0 Å². The van der Waals surface area contributed by atoms with Crippen molar-refractivity contribution in [2.45, 2.75) is 31.6 Å². The first-order valence-corrected chi connectivity index (χ1v) is 10.9. The number of amides is 1. The van der Waals surface area contributed by atoms with Gasteiger partial charge in [0.25, 0.3) is 0 Å². The lowest BCUT2D eigenvalue weighted by molar-refractivity contribution is -0.138. The van der Waals surface area contributed by atoms with Gasteiger partial charge in [-0.1, -0.05) is 12.1 Å². The summed E-state index contributed by atoms with van der Waals surface area (Å²) in [5.41, 5.74) is 1.38. The molecular weight excluding hydrogens is 370 g/mol. The number of hydrogen-bond donors (Lipinski definition) is 1. The predicted molar refractivity (Wildman–Crippen MR) is 99.8 cm³/mol. The van der Waals surface area contributed by atoms with Gasteiger partial charge in [-0.15, -0.1) is 0 Å². The van der Waals surface area contributed by atoms with Crippen molar-refractivity contribution in [3.63, 3.8) is 0 Å². The van der Waals surface area contributed by atoms with Gasteiger partial charge in [-0.2, -0.15) is 0 Å². The van der Waals surface area contributed by atoms with E-state index in [0.717, 1.165) is 11.8 Å². The monoisotopic (exact) mass is 393 g/mol. The first-order valence-electron chi connectivity index (χ1n) is 8.84. The van der Waals surface area contributed by atoms with E-state index in [-0.39, 0.29) is 30.5 Å². The number of aliphatic carboxylic acids is 1. The van der Waals surface area contributed by atoms with Gasteiger partial charge in [-0.25, -0.2) is 13.4 Å². The van der Waals surface area contributed by atoms with Crippen LogP contribution >= 0.6 is 0 Å². The number of carboxylic acids is 1. The number of sulfone groups is 1. The first kappa shape index (κ1) is 19.3. The van der Waals surface area contributed by atoms with Crippen LogP contribution in [-0.2, 0) is 31.7 Å². The number of nitrogens with zero attached hydrogens (tertiary/aromatic N) is 3. The van der Waals surface area contributed by atoms with Crippen LogP contribution in [0.25, 0.3) is 11.0 Å². The zero-order valence-corrected chi connectivity index (χ0v) is 16.0. The van der Waals surface area contributed by atoms with Crippen LogP contribution in [0, 0.1) is 5.92 Å². The average Bonchev–Trinajstić information content (AvgIpc) is 2.90. The molecule has 1 aliphatic rings. The molecule has 1 fully saturated rings. The fourth-order valence-electron chi connectivity index (χ4n) is 3.52. The largest absolute Gasteiger partial charge is 0.481 e. The molecule has 1 saturated heterocycles. The molecule has 3 rings (SSSR count). The van der Waals surface area contributed by atoms with Crippen LogP contribution in [0.3, 0.4) is 0 Å². The molecule has 8 nitrogen and oxygen atoms in total. The molecule has 1 N–H and O–H groups in total. The molecule has 9 heteroatoms. The number of carboxylic acid groups (broad SMARTS) is 1. The van der Waals surface area contributed by atoms with Gasteiger partial charge in [0, 0.05) is 25.8 Å². The van der Waals surface area contributed by atoms with Crippen LogP contribution in [0.15, 0.2) is 24.3 Å². The van der Waals surface area contributed by atoms with Crippen molar-refractivity contribution in [2.75, 3.05) is 19.3 Å². The topological polar surface area (TPSA) is 110 Å². The number of benzene rings is 1. The van der Waals surface area contributed by atoms with E-state index in [0.29, 0.717) is 37.3 Å². The molecule has 1 aromatic carbocycles. The second-order valence-electron chi connectivity index (χ2n) is 7.10. The number of para-hydroxylation sites is 2. The van der Waals surface area contributed by atoms with E-state index >= 15 is 0 Å². The number of aromatic nitrogens is 2. The zero-order valence-electron chi connectivity index (χ0n) is 15.2. The van der Waals surface area contributed by atoms with E-state index in [2.05, 4.69) is 4.98 Å². The second kappa shape index (κ2) is 7.67. The number of fused-ring (bicyclic) bond motifs is 1. The Morgan fingerprint density at radius 2 is 1.89 bits per heavy atom. The summed E-state index contributed by atoms with van der Waals surface area (Å²) in [5.74, 6) is -0.693. The molecule has 27 heavy (non-hydrogen) atoms. The minimum Gasteiger partial charge on any atom is -0.481 e. The second-order valence-corrected chi connectivity index (χ2v) is 9.24. The van der Waals surface area contributed by atoms with Crippen molar-refractivity contribution in [2.24, 2.45) is 5.92 Å². The third-order valence-corrected chi connectivity index (χ3v) is 5.63. The molecule has 0 radical (unpaired) electrons. The number of imidazole rings is 1. The fourth-order valence-corrected chi connectivity index (χ4v) is 4.20. The molecule has 1 aromatic heterocycles.